The third kappa shape index (κ3) is 2.55. The first-order valence-corrected chi connectivity index (χ1v) is 4.76. The van der Waals surface area contributed by atoms with E-state index in [0.717, 1.165) is 6.07 Å². The highest BCUT2D eigenvalue weighted by Crippen LogP contribution is 2.34. The molecule has 0 aliphatic heterocycles. The molecule has 1 N–H and O–H groups in total. The fraction of sp³-hybridized carbons (Fsp3) is 0.200. The second-order valence-electron chi connectivity index (χ2n) is 3.40. The highest BCUT2D eigenvalue weighted by molar-refractivity contribution is 5.56. The molecule has 0 fully saturated rings. The summed E-state index contributed by atoms with van der Waals surface area (Å²) in [5.41, 5.74) is -0.814. The van der Waals surface area contributed by atoms with Gasteiger partial charge in [-0.15, -0.1) is 0 Å². The van der Waals surface area contributed by atoms with Gasteiger partial charge in [-0.1, -0.05) is 0 Å². The molecule has 0 aromatic carbocycles. The van der Waals surface area contributed by atoms with Crippen LogP contribution in [0.25, 0.3) is 0 Å². The van der Waals surface area contributed by atoms with Crippen molar-refractivity contribution in [2.24, 2.45) is 7.05 Å². The van der Waals surface area contributed by atoms with Gasteiger partial charge in [-0.3, -0.25) is 4.68 Å². The van der Waals surface area contributed by atoms with E-state index in [1.54, 1.807) is 19.3 Å². The number of hydrogen-bond acceptors (Lipinski definition) is 3. The normalized spacial score (nSPS) is 11.5. The van der Waals surface area contributed by atoms with Crippen molar-refractivity contribution in [2.75, 3.05) is 5.32 Å². The highest BCUT2D eigenvalue weighted by atomic mass is 19.4. The number of nitrogens with one attached hydrogen (secondary N) is 1. The molecule has 0 aliphatic rings. The standard InChI is InChI=1S/C10H9F3N4/c1-17-6-4-8(16-17)15-9-7(10(11,12)13)3-2-5-14-9/h2-6H,1H3,(H,14,15,16). The van der Waals surface area contributed by atoms with Crippen LogP contribution in [-0.2, 0) is 13.2 Å². The molecule has 2 aromatic rings. The average Bonchev–Trinajstić information content (AvgIpc) is 2.63. The van der Waals surface area contributed by atoms with Crippen LogP contribution in [0, 0.1) is 0 Å². The molecule has 7 heteroatoms. The quantitative estimate of drug-likeness (QED) is 0.880. The molecule has 2 rings (SSSR count). The van der Waals surface area contributed by atoms with Gasteiger partial charge in [0.15, 0.2) is 5.82 Å². The lowest BCUT2D eigenvalue weighted by Gasteiger charge is -2.11. The molecule has 2 aromatic heterocycles. The largest absolute Gasteiger partial charge is 0.419 e. The van der Waals surface area contributed by atoms with Crippen LogP contribution < -0.4 is 5.32 Å². The summed E-state index contributed by atoms with van der Waals surface area (Å²) in [7, 11) is 1.67. The number of nitrogens with zero attached hydrogens (tertiary/aromatic N) is 3. The van der Waals surface area contributed by atoms with E-state index in [-0.39, 0.29) is 5.82 Å². The summed E-state index contributed by atoms with van der Waals surface area (Å²) in [6.45, 7) is 0. The molecule has 90 valence electrons. The molecule has 0 unspecified atom stereocenters. The van der Waals surface area contributed by atoms with E-state index in [4.69, 9.17) is 0 Å². The first-order valence-electron chi connectivity index (χ1n) is 4.76. The van der Waals surface area contributed by atoms with Crippen molar-refractivity contribution in [3.05, 3.63) is 36.2 Å². The van der Waals surface area contributed by atoms with Crippen molar-refractivity contribution in [1.29, 1.82) is 0 Å². The van der Waals surface area contributed by atoms with Gasteiger partial charge < -0.3 is 5.32 Å². The van der Waals surface area contributed by atoms with E-state index in [1.165, 1.54) is 16.9 Å². The average molecular weight is 242 g/mol. The Hall–Kier alpha value is -2.05. The number of rotatable bonds is 2. The molecule has 2 heterocycles. The Morgan fingerprint density at radius 3 is 2.65 bits per heavy atom. The van der Waals surface area contributed by atoms with Crippen LogP contribution in [0.2, 0.25) is 0 Å². The maximum Gasteiger partial charge on any atom is 0.419 e. The van der Waals surface area contributed by atoms with E-state index in [0.29, 0.717) is 5.82 Å². The van der Waals surface area contributed by atoms with Crippen molar-refractivity contribution in [3.8, 4) is 0 Å². The van der Waals surface area contributed by atoms with E-state index in [9.17, 15) is 13.2 Å². The Morgan fingerprint density at radius 1 is 1.29 bits per heavy atom. The minimum Gasteiger partial charge on any atom is -0.323 e. The lowest BCUT2D eigenvalue weighted by atomic mass is 10.2. The zero-order valence-electron chi connectivity index (χ0n) is 8.86. The lowest BCUT2D eigenvalue weighted by Crippen LogP contribution is -2.10. The molecular weight excluding hydrogens is 233 g/mol. The molecule has 17 heavy (non-hydrogen) atoms. The maximum atomic E-state index is 12.7. The van der Waals surface area contributed by atoms with Crippen molar-refractivity contribution in [3.63, 3.8) is 0 Å². The number of halogens is 3. The molecule has 0 saturated heterocycles. The molecule has 0 spiro atoms. The Morgan fingerprint density at radius 2 is 2.06 bits per heavy atom. The summed E-state index contributed by atoms with van der Waals surface area (Å²) < 4.78 is 39.4. The molecule has 0 bridgehead atoms. The molecule has 0 amide bonds. The van der Waals surface area contributed by atoms with Crippen molar-refractivity contribution in [1.82, 2.24) is 14.8 Å². The van der Waals surface area contributed by atoms with Gasteiger partial charge >= 0.3 is 6.18 Å². The van der Waals surface area contributed by atoms with E-state index in [2.05, 4.69) is 15.4 Å². The molecule has 0 radical (unpaired) electrons. The summed E-state index contributed by atoms with van der Waals surface area (Å²) in [5.74, 6) is 0.0652. The van der Waals surface area contributed by atoms with Crippen LogP contribution >= 0.6 is 0 Å². The minimum atomic E-state index is -4.44. The lowest BCUT2D eigenvalue weighted by molar-refractivity contribution is -0.137. The van der Waals surface area contributed by atoms with E-state index >= 15 is 0 Å². The monoisotopic (exact) mass is 242 g/mol. The van der Waals surface area contributed by atoms with Gasteiger partial charge in [-0.05, 0) is 12.1 Å². The Balaban J connectivity index is 2.33. The van der Waals surface area contributed by atoms with Gasteiger partial charge in [0, 0.05) is 25.5 Å². The summed E-state index contributed by atoms with van der Waals surface area (Å²) >= 11 is 0. The minimum absolute atomic E-state index is 0.251. The number of aromatic nitrogens is 3. The highest BCUT2D eigenvalue weighted by Gasteiger charge is 2.34. The molecular formula is C10H9F3N4. The van der Waals surface area contributed by atoms with E-state index < -0.39 is 11.7 Å². The first-order chi connectivity index (χ1) is 7.97. The van der Waals surface area contributed by atoms with Crippen molar-refractivity contribution in [2.45, 2.75) is 6.18 Å². The van der Waals surface area contributed by atoms with Crippen LogP contribution in [0.4, 0.5) is 24.8 Å². The fourth-order valence-corrected chi connectivity index (χ4v) is 1.34. The summed E-state index contributed by atoms with van der Waals surface area (Å²) in [6.07, 6.45) is -1.52. The van der Waals surface area contributed by atoms with Crippen LogP contribution in [0.15, 0.2) is 30.6 Å². The second kappa shape index (κ2) is 4.08. The number of aryl methyl sites for hydroxylation is 1. The predicted molar refractivity (Wildman–Crippen MR) is 55.7 cm³/mol. The fourth-order valence-electron chi connectivity index (χ4n) is 1.34. The topological polar surface area (TPSA) is 42.7 Å². The predicted octanol–water partition coefficient (Wildman–Crippen LogP) is 2.58. The zero-order valence-corrected chi connectivity index (χ0v) is 8.86. The van der Waals surface area contributed by atoms with Crippen LogP contribution in [-0.4, -0.2) is 14.8 Å². The third-order valence-corrected chi connectivity index (χ3v) is 2.07. The third-order valence-electron chi connectivity index (χ3n) is 2.07. The number of anilines is 2. The van der Waals surface area contributed by atoms with Gasteiger partial charge in [0.05, 0.1) is 5.56 Å². The molecule has 0 saturated carbocycles. The summed E-state index contributed by atoms with van der Waals surface area (Å²) in [6, 6.07) is 3.78. The Bertz CT molecular complexity index is 518. The van der Waals surface area contributed by atoms with Crippen molar-refractivity contribution < 1.29 is 13.2 Å². The Kier molecular flexibility index (Phi) is 2.74. The van der Waals surface area contributed by atoms with Crippen molar-refractivity contribution >= 4 is 11.6 Å². The summed E-state index contributed by atoms with van der Waals surface area (Å²) in [5, 5.41) is 6.46. The Labute approximate surface area is 95.1 Å². The zero-order chi connectivity index (χ0) is 12.5. The van der Waals surface area contributed by atoms with Crippen LogP contribution in [0.5, 0.6) is 0 Å². The molecule has 0 atom stereocenters. The second-order valence-corrected chi connectivity index (χ2v) is 3.40. The number of hydrogen-bond donors (Lipinski definition) is 1. The summed E-state index contributed by atoms with van der Waals surface area (Å²) in [4.78, 5) is 3.67. The van der Waals surface area contributed by atoms with Crippen LogP contribution in [0.1, 0.15) is 5.56 Å². The van der Waals surface area contributed by atoms with Crippen LogP contribution in [0.3, 0.4) is 0 Å². The van der Waals surface area contributed by atoms with Gasteiger partial charge in [0.1, 0.15) is 5.82 Å². The number of alkyl halides is 3. The molecule has 0 aliphatic carbocycles. The maximum absolute atomic E-state index is 12.7. The molecule has 4 nitrogen and oxygen atoms in total. The van der Waals surface area contributed by atoms with Gasteiger partial charge in [-0.2, -0.15) is 18.3 Å². The first kappa shape index (κ1) is 11.4. The van der Waals surface area contributed by atoms with Gasteiger partial charge in [-0.25, -0.2) is 4.98 Å². The van der Waals surface area contributed by atoms with Gasteiger partial charge in [0.2, 0.25) is 0 Å². The SMILES string of the molecule is Cn1ccc(Nc2ncccc2C(F)(F)F)n1. The smallest absolute Gasteiger partial charge is 0.323 e. The van der Waals surface area contributed by atoms with Gasteiger partial charge in [0.25, 0.3) is 0 Å². The van der Waals surface area contributed by atoms with E-state index in [1.807, 2.05) is 0 Å². The number of pyridine rings is 1.